The third-order valence-corrected chi connectivity index (χ3v) is 3.32. The highest BCUT2D eigenvalue weighted by Gasteiger charge is 2.16. The average molecular weight is 240 g/mol. The van der Waals surface area contributed by atoms with Crippen molar-refractivity contribution in [2.75, 3.05) is 18.1 Å². The molecule has 3 aromatic rings. The number of H-pyrrole nitrogens is 1. The summed E-state index contributed by atoms with van der Waals surface area (Å²) in [5.74, 6) is 0. The van der Waals surface area contributed by atoms with Gasteiger partial charge in [0.15, 0.2) is 0 Å². The van der Waals surface area contributed by atoms with Crippen LogP contribution in [0.2, 0.25) is 0 Å². The summed E-state index contributed by atoms with van der Waals surface area (Å²) in [6.45, 7) is 2.15. The van der Waals surface area contributed by atoms with Crippen LogP contribution in [0.15, 0.2) is 31.0 Å². The van der Waals surface area contributed by atoms with Crippen LogP contribution < -0.4 is 5.01 Å². The molecule has 0 radical (unpaired) electrons. The van der Waals surface area contributed by atoms with Crippen LogP contribution in [0.1, 0.15) is 6.42 Å². The maximum Gasteiger partial charge on any atom is 0.141 e. The van der Waals surface area contributed by atoms with Crippen molar-refractivity contribution in [2.45, 2.75) is 6.42 Å². The number of rotatable bonds is 2. The van der Waals surface area contributed by atoms with Gasteiger partial charge in [-0.15, -0.1) is 0 Å². The summed E-state index contributed by atoms with van der Waals surface area (Å²) < 4.78 is 0. The molecule has 0 bridgehead atoms. The molecule has 6 nitrogen and oxygen atoms in total. The lowest BCUT2D eigenvalue weighted by Gasteiger charge is -2.32. The van der Waals surface area contributed by atoms with E-state index in [0.29, 0.717) is 0 Å². The van der Waals surface area contributed by atoms with Gasteiger partial charge in [0, 0.05) is 30.2 Å². The first-order valence-corrected chi connectivity index (χ1v) is 6.00. The van der Waals surface area contributed by atoms with Crippen LogP contribution in [-0.2, 0) is 0 Å². The van der Waals surface area contributed by atoms with Gasteiger partial charge in [0.2, 0.25) is 0 Å². The Bertz CT molecular complexity index is 693. The molecule has 0 aromatic carbocycles. The number of fused-ring (bicyclic) bond motifs is 1. The lowest BCUT2D eigenvalue weighted by atomic mass is 10.2. The van der Waals surface area contributed by atoms with Crippen LogP contribution in [-0.4, -0.2) is 37.9 Å². The molecule has 1 fully saturated rings. The SMILES string of the molecule is c1nc(-c2cnn(N3CCC3)c2)c2cc[nH]c2n1. The van der Waals surface area contributed by atoms with Crippen molar-refractivity contribution < 1.29 is 0 Å². The number of hydrogen-bond acceptors (Lipinski definition) is 4. The maximum absolute atomic E-state index is 4.38. The zero-order chi connectivity index (χ0) is 11.9. The van der Waals surface area contributed by atoms with Crippen molar-refractivity contribution in [1.82, 2.24) is 24.8 Å². The van der Waals surface area contributed by atoms with Gasteiger partial charge < -0.3 is 4.98 Å². The van der Waals surface area contributed by atoms with Gasteiger partial charge in [-0.3, -0.25) is 5.01 Å². The fraction of sp³-hybridized carbons (Fsp3) is 0.250. The van der Waals surface area contributed by atoms with Gasteiger partial charge in [0.05, 0.1) is 18.1 Å². The van der Waals surface area contributed by atoms with Crippen LogP contribution in [0.4, 0.5) is 0 Å². The smallest absolute Gasteiger partial charge is 0.141 e. The first-order valence-electron chi connectivity index (χ1n) is 6.00. The van der Waals surface area contributed by atoms with Crippen LogP contribution in [0.3, 0.4) is 0 Å². The molecule has 0 unspecified atom stereocenters. The minimum atomic E-state index is 0.858. The Labute approximate surface area is 103 Å². The molecule has 4 rings (SSSR count). The van der Waals surface area contributed by atoms with Crippen molar-refractivity contribution in [3.63, 3.8) is 0 Å². The van der Waals surface area contributed by atoms with Crippen molar-refractivity contribution in [2.24, 2.45) is 0 Å². The molecule has 90 valence electrons. The van der Waals surface area contributed by atoms with Crippen LogP contribution in [0, 0.1) is 0 Å². The van der Waals surface area contributed by atoms with Gasteiger partial charge >= 0.3 is 0 Å². The fourth-order valence-corrected chi connectivity index (χ4v) is 2.20. The molecule has 0 aliphatic carbocycles. The van der Waals surface area contributed by atoms with E-state index < -0.39 is 0 Å². The first-order chi connectivity index (χ1) is 8.92. The topological polar surface area (TPSA) is 62.6 Å². The number of aromatic nitrogens is 5. The van der Waals surface area contributed by atoms with Crippen molar-refractivity contribution in [1.29, 1.82) is 0 Å². The molecular weight excluding hydrogens is 228 g/mol. The van der Waals surface area contributed by atoms with E-state index in [-0.39, 0.29) is 0 Å². The molecule has 1 saturated heterocycles. The molecule has 18 heavy (non-hydrogen) atoms. The fourth-order valence-electron chi connectivity index (χ4n) is 2.20. The van der Waals surface area contributed by atoms with E-state index in [1.54, 1.807) is 6.33 Å². The van der Waals surface area contributed by atoms with E-state index in [9.17, 15) is 0 Å². The van der Waals surface area contributed by atoms with Crippen molar-refractivity contribution >= 4 is 11.0 Å². The Kier molecular flexibility index (Phi) is 1.91. The second kappa shape index (κ2) is 3.56. The highest BCUT2D eigenvalue weighted by Crippen LogP contribution is 2.24. The Balaban J connectivity index is 1.81. The van der Waals surface area contributed by atoms with E-state index >= 15 is 0 Å². The quantitative estimate of drug-likeness (QED) is 0.730. The third kappa shape index (κ3) is 1.32. The van der Waals surface area contributed by atoms with E-state index in [2.05, 4.69) is 25.1 Å². The molecule has 1 aliphatic rings. The largest absolute Gasteiger partial charge is 0.346 e. The maximum atomic E-state index is 4.38. The number of nitrogens with zero attached hydrogens (tertiary/aromatic N) is 5. The molecular formula is C12H12N6. The molecule has 0 atom stereocenters. The third-order valence-electron chi connectivity index (χ3n) is 3.32. The summed E-state index contributed by atoms with van der Waals surface area (Å²) in [7, 11) is 0. The Morgan fingerprint density at radius 2 is 2.17 bits per heavy atom. The van der Waals surface area contributed by atoms with Gasteiger partial charge in [-0.05, 0) is 12.5 Å². The minimum absolute atomic E-state index is 0.858. The van der Waals surface area contributed by atoms with Gasteiger partial charge in [0.1, 0.15) is 12.0 Å². The van der Waals surface area contributed by atoms with Gasteiger partial charge in [-0.2, -0.15) is 9.89 Å². The number of nitrogens with one attached hydrogen (secondary N) is 1. The molecule has 3 aromatic heterocycles. The number of aromatic amines is 1. The summed E-state index contributed by atoms with van der Waals surface area (Å²) >= 11 is 0. The Morgan fingerprint density at radius 3 is 3.00 bits per heavy atom. The van der Waals surface area contributed by atoms with Gasteiger partial charge in [-0.1, -0.05) is 0 Å². The highest BCUT2D eigenvalue weighted by molar-refractivity contribution is 5.89. The van der Waals surface area contributed by atoms with Gasteiger partial charge in [0.25, 0.3) is 0 Å². The zero-order valence-corrected chi connectivity index (χ0v) is 9.74. The Hall–Kier alpha value is -2.37. The molecule has 4 heterocycles. The van der Waals surface area contributed by atoms with E-state index in [0.717, 1.165) is 35.4 Å². The molecule has 1 aliphatic heterocycles. The van der Waals surface area contributed by atoms with Crippen molar-refractivity contribution in [3.05, 3.63) is 31.0 Å². The molecule has 0 spiro atoms. The normalized spacial score (nSPS) is 15.0. The van der Waals surface area contributed by atoms with E-state index in [1.807, 2.05) is 29.4 Å². The summed E-state index contributed by atoms with van der Waals surface area (Å²) in [6.07, 6.45) is 8.57. The molecule has 1 N–H and O–H groups in total. The summed E-state index contributed by atoms with van der Waals surface area (Å²) in [5.41, 5.74) is 2.80. The second-order valence-corrected chi connectivity index (χ2v) is 4.42. The molecule has 6 heteroatoms. The summed E-state index contributed by atoms with van der Waals surface area (Å²) in [4.78, 5) is 13.6. The summed E-state index contributed by atoms with van der Waals surface area (Å²) in [5, 5.41) is 7.60. The van der Waals surface area contributed by atoms with Crippen LogP contribution in [0.5, 0.6) is 0 Å². The van der Waals surface area contributed by atoms with Gasteiger partial charge in [-0.25, -0.2) is 9.97 Å². The second-order valence-electron chi connectivity index (χ2n) is 4.42. The van der Waals surface area contributed by atoms with Crippen molar-refractivity contribution in [3.8, 4) is 11.3 Å². The highest BCUT2D eigenvalue weighted by atomic mass is 15.7. The van der Waals surface area contributed by atoms with E-state index in [1.165, 1.54) is 6.42 Å². The lowest BCUT2D eigenvalue weighted by Crippen LogP contribution is -2.45. The molecule has 0 amide bonds. The van der Waals surface area contributed by atoms with E-state index in [4.69, 9.17) is 0 Å². The Morgan fingerprint density at radius 1 is 1.22 bits per heavy atom. The standard InChI is InChI=1S/C12H12N6/c1-4-17(5-1)18-7-9(6-16-18)11-10-2-3-13-12(10)15-8-14-11/h2-3,6-8H,1,4-5H2,(H,13,14,15). The zero-order valence-electron chi connectivity index (χ0n) is 9.74. The monoisotopic (exact) mass is 240 g/mol. The predicted molar refractivity (Wildman–Crippen MR) is 67.7 cm³/mol. The lowest BCUT2D eigenvalue weighted by molar-refractivity contribution is 0.435. The minimum Gasteiger partial charge on any atom is -0.346 e. The van der Waals surface area contributed by atoms with Crippen LogP contribution >= 0.6 is 0 Å². The average Bonchev–Trinajstić information content (AvgIpc) is 2.93. The number of hydrogen-bond donors (Lipinski definition) is 1. The molecule has 0 saturated carbocycles. The summed E-state index contributed by atoms with van der Waals surface area (Å²) in [6, 6.07) is 1.99. The first kappa shape index (κ1) is 9.64. The predicted octanol–water partition coefficient (Wildman–Crippen LogP) is 1.16. The van der Waals surface area contributed by atoms with Crippen LogP contribution in [0.25, 0.3) is 22.3 Å².